The van der Waals surface area contributed by atoms with Crippen LogP contribution >= 0.6 is 34.5 Å². The molecule has 0 bridgehead atoms. The molecule has 1 aromatic heterocycles. The summed E-state index contributed by atoms with van der Waals surface area (Å²) in [5.41, 5.74) is 0.804. The summed E-state index contributed by atoms with van der Waals surface area (Å²) in [6.45, 7) is 0. The van der Waals surface area contributed by atoms with Crippen LogP contribution in [-0.4, -0.2) is 5.78 Å². The Balaban J connectivity index is 1.87. The molecule has 3 aromatic rings. The van der Waals surface area contributed by atoms with Gasteiger partial charge in [-0.05, 0) is 41.3 Å². The van der Waals surface area contributed by atoms with Crippen LogP contribution in [0.3, 0.4) is 0 Å². The van der Waals surface area contributed by atoms with E-state index in [0.29, 0.717) is 14.9 Å². The lowest BCUT2D eigenvalue weighted by molar-refractivity contribution is 0.0997. The van der Waals surface area contributed by atoms with E-state index in [1.165, 1.54) is 23.5 Å². The molecule has 1 heterocycles. The van der Waals surface area contributed by atoms with Gasteiger partial charge in [-0.25, -0.2) is 4.39 Å². The van der Waals surface area contributed by atoms with Crippen LogP contribution in [0.5, 0.6) is 0 Å². The topological polar surface area (TPSA) is 17.1 Å². The second-order valence-electron chi connectivity index (χ2n) is 4.64. The molecular formula is C16H9Cl2FOS. The first-order chi connectivity index (χ1) is 10.0. The van der Waals surface area contributed by atoms with Gasteiger partial charge in [-0.2, -0.15) is 0 Å². The van der Waals surface area contributed by atoms with Gasteiger partial charge >= 0.3 is 0 Å². The van der Waals surface area contributed by atoms with Crippen molar-refractivity contribution in [2.24, 2.45) is 0 Å². The van der Waals surface area contributed by atoms with Crippen molar-refractivity contribution in [3.8, 4) is 0 Å². The minimum atomic E-state index is -0.298. The van der Waals surface area contributed by atoms with Crippen LogP contribution in [-0.2, 0) is 6.42 Å². The molecule has 0 fully saturated rings. The lowest BCUT2D eigenvalue weighted by Crippen LogP contribution is -2.00. The van der Waals surface area contributed by atoms with Crippen molar-refractivity contribution in [2.75, 3.05) is 0 Å². The van der Waals surface area contributed by atoms with Crippen molar-refractivity contribution in [1.82, 2.24) is 0 Å². The standard InChI is InChI=1S/C16H9Cl2FOS/c17-12-4-1-9(5-13(12)18)6-14(20)16-7-10-2-3-11(19)8-15(10)21-16/h1-5,7-8H,6H2. The summed E-state index contributed by atoms with van der Waals surface area (Å²) in [6.07, 6.45) is 0.242. The highest BCUT2D eigenvalue weighted by atomic mass is 35.5. The van der Waals surface area contributed by atoms with Crippen molar-refractivity contribution in [1.29, 1.82) is 0 Å². The molecule has 1 nitrogen and oxygen atoms in total. The fourth-order valence-corrected chi connectivity index (χ4v) is 3.41. The second-order valence-corrected chi connectivity index (χ2v) is 6.54. The van der Waals surface area contributed by atoms with Crippen molar-refractivity contribution in [3.05, 3.63) is 68.8 Å². The summed E-state index contributed by atoms with van der Waals surface area (Å²) in [7, 11) is 0. The SMILES string of the molecule is O=C(Cc1ccc(Cl)c(Cl)c1)c1cc2ccc(F)cc2s1. The van der Waals surface area contributed by atoms with E-state index < -0.39 is 0 Å². The lowest BCUT2D eigenvalue weighted by atomic mass is 10.1. The molecule has 0 aliphatic carbocycles. The number of carbonyl (C=O) groups is 1. The highest BCUT2D eigenvalue weighted by Gasteiger charge is 2.12. The largest absolute Gasteiger partial charge is 0.293 e. The lowest BCUT2D eigenvalue weighted by Gasteiger charge is -2.01. The van der Waals surface area contributed by atoms with E-state index in [-0.39, 0.29) is 18.0 Å². The molecule has 2 aromatic carbocycles. The Morgan fingerprint density at radius 2 is 1.86 bits per heavy atom. The molecule has 0 aliphatic rings. The fraction of sp³-hybridized carbons (Fsp3) is 0.0625. The van der Waals surface area contributed by atoms with E-state index in [2.05, 4.69) is 0 Å². The van der Waals surface area contributed by atoms with E-state index >= 15 is 0 Å². The molecule has 0 spiro atoms. The Kier molecular flexibility index (Phi) is 3.98. The van der Waals surface area contributed by atoms with Crippen LogP contribution in [0.4, 0.5) is 4.39 Å². The number of Topliss-reactive ketones (excluding diaryl/α,β-unsaturated/α-hetero) is 1. The van der Waals surface area contributed by atoms with Crippen molar-refractivity contribution in [3.63, 3.8) is 0 Å². The molecule has 5 heteroatoms. The quantitative estimate of drug-likeness (QED) is 0.554. The third-order valence-corrected chi connectivity index (χ3v) is 4.98. The Hall–Kier alpha value is -1.42. The minimum Gasteiger partial charge on any atom is -0.293 e. The third-order valence-electron chi connectivity index (χ3n) is 3.11. The van der Waals surface area contributed by atoms with Gasteiger partial charge in [0.1, 0.15) is 5.82 Å². The monoisotopic (exact) mass is 338 g/mol. The number of hydrogen-bond donors (Lipinski definition) is 0. The molecule has 0 saturated heterocycles. The molecule has 0 saturated carbocycles. The predicted octanol–water partition coefficient (Wildman–Crippen LogP) is 5.77. The average molecular weight is 339 g/mol. The van der Waals surface area contributed by atoms with Gasteiger partial charge in [0, 0.05) is 11.1 Å². The zero-order chi connectivity index (χ0) is 15.0. The minimum absolute atomic E-state index is 0.0185. The molecule has 0 radical (unpaired) electrons. The normalized spacial score (nSPS) is 11.0. The molecule has 21 heavy (non-hydrogen) atoms. The molecular weight excluding hydrogens is 330 g/mol. The van der Waals surface area contributed by atoms with Crippen molar-refractivity contribution in [2.45, 2.75) is 6.42 Å². The number of benzene rings is 2. The molecule has 0 unspecified atom stereocenters. The maximum absolute atomic E-state index is 13.2. The summed E-state index contributed by atoms with van der Waals surface area (Å²) in [5.74, 6) is -0.317. The summed E-state index contributed by atoms with van der Waals surface area (Å²) in [5, 5.41) is 1.77. The van der Waals surface area contributed by atoms with Crippen LogP contribution in [0.1, 0.15) is 15.2 Å². The highest BCUT2D eigenvalue weighted by Crippen LogP contribution is 2.28. The maximum Gasteiger partial charge on any atom is 0.177 e. The van der Waals surface area contributed by atoms with Gasteiger partial charge in [0.2, 0.25) is 0 Å². The molecule has 0 N–H and O–H groups in total. The van der Waals surface area contributed by atoms with Gasteiger partial charge in [-0.3, -0.25) is 4.79 Å². The van der Waals surface area contributed by atoms with Gasteiger partial charge in [0.05, 0.1) is 14.9 Å². The predicted molar refractivity (Wildman–Crippen MR) is 86.3 cm³/mol. The van der Waals surface area contributed by atoms with E-state index in [4.69, 9.17) is 23.2 Å². The number of fused-ring (bicyclic) bond motifs is 1. The van der Waals surface area contributed by atoms with E-state index in [9.17, 15) is 9.18 Å². The third kappa shape index (κ3) is 3.10. The molecule has 0 amide bonds. The van der Waals surface area contributed by atoms with Gasteiger partial charge in [-0.15, -0.1) is 11.3 Å². The van der Waals surface area contributed by atoms with Gasteiger partial charge < -0.3 is 0 Å². The van der Waals surface area contributed by atoms with Gasteiger partial charge in [0.15, 0.2) is 5.78 Å². The van der Waals surface area contributed by atoms with E-state index in [1.807, 2.05) is 0 Å². The number of rotatable bonds is 3. The summed E-state index contributed by atoms with van der Waals surface area (Å²) < 4.78 is 13.9. The first-order valence-electron chi connectivity index (χ1n) is 6.19. The molecule has 3 rings (SSSR count). The van der Waals surface area contributed by atoms with Crippen LogP contribution in [0.25, 0.3) is 10.1 Å². The summed E-state index contributed by atoms with van der Waals surface area (Å²) in [6, 6.07) is 11.4. The number of hydrogen-bond acceptors (Lipinski definition) is 2. The maximum atomic E-state index is 13.2. The highest BCUT2D eigenvalue weighted by molar-refractivity contribution is 7.20. The Bertz CT molecular complexity index is 841. The van der Waals surface area contributed by atoms with E-state index in [1.54, 1.807) is 30.3 Å². The fourth-order valence-electron chi connectivity index (χ4n) is 2.06. The number of thiophene rings is 1. The first kappa shape index (κ1) is 14.5. The molecule has 106 valence electrons. The number of halogens is 3. The molecule has 0 atom stereocenters. The van der Waals surface area contributed by atoms with Gasteiger partial charge in [-0.1, -0.05) is 35.3 Å². The zero-order valence-electron chi connectivity index (χ0n) is 10.7. The van der Waals surface area contributed by atoms with Crippen LogP contribution < -0.4 is 0 Å². The first-order valence-corrected chi connectivity index (χ1v) is 7.76. The smallest absolute Gasteiger partial charge is 0.177 e. The van der Waals surface area contributed by atoms with Crippen LogP contribution in [0.2, 0.25) is 10.0 Å². The second kappa shape index (κ2) is 5.76. The Morgan fingerprint density at radius 1 is 1.05 bits per heavy atom. The molecule has 0 aliphatic heterocycles. The zero-order valence-corrected chi connectivity index (χ0v) is 13.0. The Labute approximate surface area is 134 Å². The average Bonchev–Trinajstić information content (AvgIpc) is 2.86. The van der Waals surface area contributed by atoms with Crippen LogP contribution in [0.15, 0.2) is 42.5 Å². The Morgan fingerprint density at radius 3 is 2.62 bits per heavy atom. The van der Waals surface area contributed by atoms with Crippen molar-refractivity contribution >= 4 is 50.4 Å². The summed E-state index contributed by atoms with van der Waals surface area (Å²) in [4.78, 5) is 12.9. The number of ketones is 1. The summed E-state index contributed by atoms with van der Waals surface area (Å²) >= 11 is 13.1. The van der Waals surface area contributed by atoms with Crippen LogP contribution in [0, 0.1) is 5.82 Å². The van der Waals surface area contributed by atoms with Gasteiger partial charge in [0.25, 0.3) is 0 Å². The number of carbonyl (C=O) groups excluding carboxylic acids is 1. The van der Waals surface area contributed by atoms with E-state index in [0.717, 1.165) is 15.6 Å². The van der Waals surface area contributed by atoms with Crippen molar-refractivity contribution < 1.29 is 9.18 Å².